The van der Waals surface area contributed by atoms with E-state index in [1.54, 1.807) is 24.3 Å². The van der Waals surface area contributed by atoms with Crippen LogP contribution in [0.1, 0.15) is 11.1 Å². The molecule has 0 bridgehead atoms. The van der Waals surface area contributed by atoms with Gasteiger partial charge in [0.15, 0.2) is 11.6 Å². The third-order valence-electron chi connectivity index (χ3n) is 5.48. The second-order valence-corrected chi connectivity index (χ2v) is 10.2. The first-order valence-electron chi connectivity index (χ1n) is 11.1. The van der Waals surface area contributed by atoms with Crippen molar-refractivity contribution in [3.63, 3.8) is 0 Å². The zero-order valence-electron chi connectivity index (χ0n) is 19.7. The number of rotatable bonds is 8. The molecule has 0 aliphatic rings. The van der Waals surface area contributed by atoms with Crippen LogP contribution in [-0.2, 0) is 0 Å². The Labute approximate surface area is 229 Å². The van der Waals surface area contributed by atoms with E-state index in [-0.39, 0.29) is 11.4 Å². The Balaban J connectivity index is 1.25. The van der Waals surface area contributed by atoms with Crippen molar-refractivity contribution in [3.05, 3.63) is 79.9 Å². The van der Waals surface area contributed by atoms with E-state index in [4.69, 9.17) is 0 Å². The Morgan fingerprint density at radius 3 is 1.50 bits per heavy atom. The Morgan fingerprint density at radius 1 is 0.675 bits per heavy atom. The predicted octanol–water partition coefficient (Wildman–Crippen LogP) is 4.35. The lowest BCUT2D eigenvalue weighted by molar-refractivity contribution is -0.385. The van der Waals surface area contributed by atoms with Gasteiger partial charge in [-0.05, 0) is 45.8 Å². The number of nitrogens with zero attached hydrogens (tertiary/aromatic N) is 10. The fourth-order valence-corrected chi connectivity index (χ4v) is 6.08. The number of nitrogens with one attached hydrogen (secondary N) is 2. The van der Waals surface area contributed by atoms with E-state index < -0.39 is 9.85 Å². The molecule has 2 aromatic carbocycles. The number of aromatic nitrogens is 6. The molecule has 196 valence electrons. The average molecular weight is 573 g/mol. The van der Waals surface area contributed by atoms with Gasteiger partial charge in [-0.1, -0.05) is 0 Å². The Hall–Kier alpha value is -5.62. The normalized spacial score (nSPS) is 11.7. The van der Waals surface area contributed by atoms with Gasteiger partial charge in [-0.25, -0.2) is 0 Å². The highest BCUT2D eigenvalue weighted by Gasteiger charge is 2.20. The van der Waals surface area contributed by atoms with Crippen molar-refractivity contribution in [2.45, 2.75) is 0 Å². The molecule has 4 heterocycles. The number of nitro benzene ring substituents is 2. The summed E-state index contributed by atoms with van der Waals surface area (Å²) in [4.78, 5) is 20.7. The van der Waals surface area contributed by atoms with Crippen LogP contribution in [0.3, 0.4) is 0 Å². The number of benzene rings is 2. The van der Waals surface area contributed by atoms with E-state index in [1.165, 1.54) is 59.4 Å². The molecular formula is C22H12N12O4S2. The fourth-order valence-electron chi connectivity index (χ4n) is 3.61. The minimum atomic E-state index is -0.469. The number of fused-ring (bicyclic) bond motifs is 5. The topological polar surface area (TPSA) is 212 Å². The smallest absolute Gasteiger partial charge is 0.259 e. The van der Waals surface area contributed by atoms with Crippen LogP contribution in [-0.4, -0.2) is 53.1 Å². The van der Waals surface area contributed by atoms with Gasteiger partial charge in [0.05, 0.1) is 31.7 Å². The zero-order valence-corrected chi connectivity index (χ0v) is 21.3. The van der Waals surface area contributed by atoms with Crippen LogP contribution in [0.4, 0.5) is 23.0 Å². The quantitative estimate of drug-likeness (QED) is 0.148. The Morgan fingerprint density at radius 2 is 1.10 bits per heavy atom. The van der Waals surface area contributed by atoms with E-state index in [2.05, 4.69) is 51.9 Å². The molecule has 0 aliphatic carbocycles. The molecule has 2 N–H and O–H groups in total. The molecule has 4 aromatic heterocycles. The molecule has 0 atom stereocenters. The summed E-state index contributed by atoms with van der Waals surface area (Å²) < 4.78 is 2.31. The SMILES string of the molecule is O=[N+]([O-])c1ccc(/C=N/Nc2nnnc3c2sc2sc4c(N/N=C/c5ccc([N+](=O)[O-])cc5)nnnc4c23)cc1. The predicted molar refractivity (Wildman–Crippen MR) is 150 cm³/mol. The van der Waals surface area contributed by atoms with Gasteiger partial charge < -0.3 is 0 Å². The molecule has 0 amide bonds. The van der Waals surface area contributed by atoms with Crippen LogP contribution < -0.4 is 10.9 Å². The van der Waals surface area contributed by atoms with Crippen molar-refractivity contribution >= 4 is 87.9 Å². The number of hydrogen-bond acceptors (Lipinski definition) is 16. The van der Waals surface area contributed by atoms with Crippen molar-refractivity contribution in [1.82, 2.24) is 30.8 Å². The number of hydrazone groups is 2. The minimum Gasteiger partial charge on any atom is -0.259 e. The monoisotopic (exact) mass is 572 g/mol. The molecule has 0 saturated heterocycles. The van der Waals surface area contributed by atoms with Crippen molar-refractivity contribution in [2.75, 3.05) is 10.9 Å². The molecule has 0 spiro atoms. The molecule has 0 radical (unpaired) electrons. The Bertz CT molecular complexity index is 1830. The van der Waals surface area contributed by atoms with Gasteiger partial charge in [-0.2, -0.15) is 10.2 Å². The number of nitro groups is 2. The maximum Gasteiger partial charge on any atom is 0.269 e. The highest BCUT2D eigenvalue weighted by Crippen LogP contribution is 2.45. The molecule has 0 fully saturated rings. The first-order valence-corrected chi connectivity index (χ1v) is 12.8. The van der Waals surface area contributed by atoms with Crippen LogP contribution in [0.15, 0.2) is 58.7 Å². The molecule has 0 unspecified atom stereocenters. The second-order valence-electron chi connectivity index (χ2n) is 7.94. The number of thiophene rings is 2. The van der Waals surface area contributed by atoms with Gasteiger partial charge in [0.1, 0.15) is 20.4 Å². The van der Waals surface area contributed by atoms with Gasteiger partial charge in [0.2, 0.25) is 0 Å². The molecule has 18 heteroatoms. The van der Waals surface area contributed by atoms with Crippen molar-refractivity contribution in [2.24, 2.45) is 10.2 Å². The summed E-state index contributed by atoms with van der Waals surface area (Å²) in [6.07, 6.45) is 3.02. The summed E-state index contributed by atoms with van der Waals surface area (Å²) in [5.74, 6) is 0.774. The van der Waals surface area contributed by atoms with Gasteiger partial charge >= 0.3 is 0 Å². The van der Waals surface area contributed by atoms with E-state index in [0.717, 1.165) is 9.40 Å². The van der Waals surface area contributed by atoms with E-state index >= 15 is 0 Å². The third kappa shape index (κ3) is 4.70. The third-order valence-corrected chi connectivity index (χ3v) is 7.94. The molecule has 0 saturated carbocycles. The summed E-state index contributed by atoms with van der Waals surface area (Å²) in [5.41, 5.74) is 8.15. The fraction of sp³-hybridized carbons (Fsp3) is 0. The van der Waals surface area contributed by atoms with Crippen LogP contribution in [0.25, 0.3) is 29.8 Å². The maximum absolute atomic E-state index is 10.8. The van der Waals surface area contributed by atoms with E-state index in [9.17, 15) is 20.2 Å². The zero-order chi connectivity index (χ0) is 27.6. The van der Waals surface area contributed by atoms with Gasteiger partial charge in [-0.3, -0.25) is 31.1 Å². The summed E-state index contributed by atoms with van der Waals surface area (Å²) in [6, 6.07) is 11.9. The lowest BCUT2D eigenvalue weighted by Gasteiger charge is -2.00. The first kappa shape index (κ1) is 24.7. The van der Waals surface area contributed by atoms with Crippen LogP contribution in [0, 0.1) is 20.2 Å². The molecule has 40 heavy (non-hydrogen) atoms. The van der Waals surface area contributed by atoms with Gasteiger partial charge in [0.25, 0.3) is 11.4 Å². The molecule has 16 nitrogen and oxygen atoms in total. The van der Waals surface area contributed by atoms with Crippen LogP contribution in [0.2, 0.25) is 0 Å². The van der Waals surface area contributed by atoms with E-state index in [0.29, 0.717) is 43.2 Å². The van der Waals surface area contributed by atoms with Crippen LogP contribution >= 0.6 is 22.7 Å². The highest BCUT2D eigenvalue weighted by molar-refractivity contribution is 7.45. The summed E-state index contributed by atoms with van der Waals surface area (Å²) in [7, 11) is 0. The second kappa shape index (κ2) is 10.3. The number of anilines is 2. The van der Waals surface area contributed by atoms with Crippen molar-refractivity contribution in [1.29, 1.82) is 0 Å². The highest BCUT2D eigenvalue weighted by atomic mass is 32.2. The largest absolute Gasteiger partial charge is 0.269 e. The standard InChI is InChI=1S/C22H12N12O4S2/c35-33(36)13-5-1-11(2-6-13)9-23-27-20-18-16(25-31-29-20)15-17-19(40-22(15)39-18)21(30-32-26-17)28-24-10-12-3-7-14(8-4-12)34(37)38/h1-10H,(H,25,27,29)(H,26,28,30)/b23-9+,24-10+. The summed E-state index contributed by atoms with van der Waals surface area (Å²) in [5, 5.41) is 55.0. The lowest BCUT2D eigenvalue weighted by Crippen LogP contribution is -1.98. The van der Waals surface area contributed by atoms with Gasteiger partial charge in [0, 0.05) is 24.3 Å². The molecule has 6 aromatic rings. The molecule has 0 aliphatic heterocycles. The van der Waals surface area contributed by atoms with E-state index in [1.807, 2.05) is 0 Å². The maximum atomic E-state index is 10.8. The minimum absolute atomic E-state index is 0.00866. The summed E-state index contributed by atoms with van der Waals surface area (Å²) >= 11 is 2.85. The Kier molecular flexibility index (Phi) is 6.34. The van der Waals surface area contributed by atoms with Gasteiger partial charge in [-0.15, -0.1) is 43.1 Å². The van der Waals surface area contributed by atoms with Crippen molar-refractivity contribution < 1.29 is 9.85 Å². The summed E-state index contributed by atoms with van der Waals surface area (Å²) in [6.45, 7) is 0. The number of non-ortho nitro benzene ring substituents is 2. The lowest BCUT2D eigenvalue weighted by atomic mass is 10.2. The number of hydrogen-bond donors (Lipinski definition) is 2. The molecule has 6 rings (SSSR count). The average Bonchev–Trinajstić information content (AvgIpc) is 3.51. The van der Waals surface area contributed by atoms with Crippen molar-refractivity contribution in [3.8, 4) is 0 Å². The van der Waals surface area contributed by atoms with Crippen LogP contribution in [0.5, 0.6) is 0 Å². The molecular weight excluding hydrogens is 560 g/mol. The first-order chi connectivity index (χ1) is 19.5.